The van der Waals surface area contributed by atoms with Gasteiger partial charge >= 0.3 is 6.36 Å². The monoisotopic (exact) mass is 172 g/mol. The molecule has 0 N–H and O–H groups in total. The second-order valence-corrected chi connectivity index (χ2v) is 1.91. The van der Waals surface area contributed by atoms with Crippen molar-refractivity contribution < 1.29 is 22.6 Å². The lowest BCUT2D eigenvalue weighted by molar-refractivity contribution is -0.327. The predicted molar refractivity (Wildman–Crippen MR) is 33.1 cm³/mol. The molecule has 0 bridgehead atoms. The third-order valence-electron chi connectivity index (χ3n) is 0.842. The fraction of sp³-hybridized carbons (Fsp3) is 1.00. The summed E-state index contributed by atoms with van der Waals surface area (Å²) in [7, 11) is 0. The molecular formula is C6H11F3O2. The molecule has 5 heteroatoms. The van der Waals surface area contributed by atoms with Gasteiger partial charge in [-0.2, -0.15) is 0 Å². The Labute approximate surface area is 63.3 Å². The highest BCUT2D eigenvalue weighted by atomic mass is 19.4. The molecule has 0 rings (SSSR count). The fourth-order valence-corrected chi connectivity index (χ4v) is 0.463. The Morgan fingerprint density at radius 1 is 1.09 bits per heavy atom. The summed E-state index contributed by atoms with van der Waals surface area (Å²) in [6.45, 7) is 1.92. The average Bonchev–Trinajstić information content (AvgIpc) is 1.85. The minimum absolute atomic E-state index is 0.00660. The van der Waals surface area contributed by atoms with Crippen LogP contribution in [0.25, 0.3) is 0 Å². The Kier molecular flexibility index (Phi) is 5.23. The SMILES string of the molecule is CCCOCCOC(F)(F)F. The smallest absolute Gasteiger partial charge is 0.379 e. The number of rotatable bonds is 5. The van der Waals surface area contributed by atoms with Crippen LogP contribution in [-0.2, 0) is 9.47 Å². The van der Waals surface area contributed by atoms with Crippen molar-refractivity contribution in [2.45, 2.75) is 19.7 Å². The topological polar surface area (TPSA) is 18.5 Å². The summed E-state index contributed by atoms with van der Waals surface area (Å²) in [6.07, 6.45) is -3.73. The third kappa shape index (κ3) is 9.71. The van der Waals surface area contributed by atoms with E-state index in [0.29, 0.717) is 6.61 Å². The standard InChI is InChI=1S/C6H11F3O2/c1-2-3-10-4-5-11-6(7,8)9/h2-5H2,1H3. The summed E-state index contributed by atoms with van der Waals surface area (Å²) < 4.78 is 42.1. The Balaban J connectivity index is 3.02. The molecule has 11 heavy (non-hydrogen) atoms. The maximum Gasteiger partial charge on any atom is 0.522 e. The van der Waals surface area contributed by atoms with E-state index in [2.05, 4.69) is 4.74 Å². The zero-order valence-electron chi connectivity index (χ0n) is 6.28. The van der Waals surface area contributed by atoms with Crippen molar-refractivity contribution in [1.82, 2.24) is 0 Å². The van der Waals surface area contributed by atoms with Crippen molar-refractivity contribution in [3.8, 4) is 0 Å². The van der Waals surface area contributed by atoms with E-state index in [1.54, 1.807) is 0 Å². The van der Waals surface area contributed by atoms with Gasteiger partial charge in [0.05, 0.1) is 13.2 Å². The maximum absolute atomic E-state index is 11.3. The van der Waals surface area contributed by atoms with Crippen LogP contribution in [0.3, 0.4) is 0 Å². The first-order chi connectivity index (χ1) is 5.06. The van der Waals surface area contributed by atoms with Crippen molar-refractivity contribution in [3.05, 3.63) is 0 Å². The quantitative estimate of drug-likeness (QED) is 0.590. The molecule has 0 aliphatic carbocycles. The van der Waals surface area contributed by atoms with Crippen molar-refractivity contribution >= 4 is 0 Å². The highest BCUT2D eigenvalue weighted by molar-refractivity contribution is 4.32. The van der Waals surface area contributed by atoms with E-state index in [1.165, 1.54) is 0 Å². The molecule has 2 nitrogen and oxygen atoms in total. The molecule has 0 saturated carbocycles. The van der Waals surface area contributed by atoms with Gasteiger partial charge in [0, 0.05) is 6.61 Å². The molecule has 0 spiro atoms. The molecular weight excluding hydrogens is 161 g/mol. The van der Waals surface area contributed by atoms with Gasteiger partial charge in [0.15, 0.2) is 0 Å². The van der Waals surface area contributed by atoms with Crippen LogP contribution in [0.2, 0.25) is 0 Å². The maximum atomic E-state index is 11.3. The van der Waals surface area contributed by atoms with E-state index < -0.39 is 13.0 Å². The average molecular weight is 172 g/mol. The van der Waals surface area contributed by atoms with Crippen molar-refractivity contribution in [2.75, 3.05) is 19.8 Å². The van der Waals surface area contributed by atoms with Crippen molar-refractivity contribution in [1.29, 1.82) is 0 Å². The minimum Gasteiger partial charge on any atom is -0.379 e. The highest BCUT2D eigenvalue weighted by Gasteiger charge is 2.28. The molecule has 0 aromatic heterocycles. The van der Waals surface area contributed by atoms with Crippen LogP contribution in [0.15, 0.2) is 0 Å². The Bertz CT molecular complexity index is 92.3. The molecule has 0 atom stereocenters. The van der Waals surface area contributed by atoms with Crippen LogP contribution in [0.5, 0.6) is 0 Å². The van der Waals surface area contributed by atoms with E-state index >= 15 is 0 Å². The molecule has 0 amide bonds. The first kappa shape index (κ1) is 10.7. The lowest BCUT2D eigenvalue weighted by Crippen LogP contribution is -2.17. The van der Waals surface area contributed by atoms with E-state index in [9.17, 15) is 13.2 Å². The van der Waals surface area contributed by atoms with Gasteiger partial charge in [0.25, 0.3) is 0 Å². The molecule has 0 heterocycles. The Morgan fingerprint density at radius 2 is 1.73 bits per heavy atom. The minimum atomic E-state index is -4.53. The molecule has 0 aliphatic rings. The lowest BCUT2D eigenvalue weighted by atomic mass is 10.5. The van der Waals surface area contributed by atoms with Gasteiger partial charge < -0.3 is 4.74 Å². The van der Waals surface area contributed by atoms with Gasteiger partial charge in [0.1, 0.15) is 0 Å². The van der Waals surface area contributed by atoms with Gasteiger partial charge in [0.2, 0.25) is 0 Å². The van der Waals surface area contributed by atoms with Gasteiger partial charge in [-0.05, 0) is 6.42 Å². The number of hydrogen-bond acceptors (Lipinski definition) is 2. The summed E-state index contributed by atoms with van der Waals surface area (Å²) >= 11 is 0. The Morgan fingerprint density at radius 3 is 2.18 bits per heavy atom. The van der Waals surface area contributed by atoms with Gasteiger partial charge in [-0.1, -0.05) is 6.92 Å². The summed E-state index contributed by atoms with van der Waals surface area (Å²) in [6, 6.07) is 0. The first-order valence-electron chi connectivity index (χ1n) is 3.34. The van der Waals surface area contributed by atoms with E-state index in [-0.39, 0.29) is 6.61 Å². The second-order valence-electron chi connectivity index (χ2n) is 1.91. The van der Waals surface area contributed by atoms with Gasteiger partial charge in [-0.25, -0.2) is 0 Å². The number of hydrogen-bond donors (Lipinski definition) is 0. The molecule has 0 fully saturated rings. The largest absolute Gasteiger partial charge is 0.522 e. The molecule has 0 aromatic carbocycles. The van der Waals surface area contributed by atoms with Crippen LogP contribution < -0.4 is 0 Å². The summed E-state index contributed by atoms with van der Waals surface area (Å²) in [5, 5.41) is 0. The lowest BCUT2D eigenvalue weighted by Gasteiger charge is -2.06. The number of ether oxygens (including phenoxy) is 2. The molecule has 0 unspecified atom stereocenters. The number of alkyl halides is 3. The van der Waals surface area contributed by atoms with Crippen LogP contribution in [0.1, 0.15) is 13.3 Å². The van der Waals surface area contributed by atoms with E-state index in [0.717, 1.165) is 6.42 Å². The number of halogens is 3. The Hall–Kier alpha value is -0.290. The summed E-state index contributed by atoms with van der Waals surface area (Å²) in [5.41, 5.74) is 0. The molecule has 68 valence electrons. The molecule has 0 aromatic rings. The van der Waals surface area contributed by atoms with E-state index in [1.807, 2.05) is 6.92 Å². The van der Waals surface area contributed by atoms with Crippen molar-refractivity contribution in [3.63, 3.8) is 0 Å². The fourth-order valence-electron chi connectivity index (χ4n) is 0.463. The third-order valence-corrected chi connectivity index (χ3v) is 0.842. The zero-order valence-corrected chi connectivity index (χ0v) is 6.28. The van der Waals surface area contributed by atoms with Crippen LogP contribution in [-0.4, -0.2) is 26.2 Å². The summed E-state index contributed by atoms with van der Waals surface area (Å²) in [5.74, 6) is 0. The summed E-state index contributed by atoms with van der Waals surface area (Å²) in [4.78, 5) is 0. The van der Waals surface area contributed by atoms with Crippen molar-refractivity contribution in [2.24, 2.45) is 0 Å². The van der Waals surface area contributed by atoms with Crippen LogP contribution in [0.4, 0.5) is 13.2 Å². The first-order valence-corrected chi connectivity index (χ1v) is 3.34. The van der Waals surface area contributed by atoms with Crippen LogP contribution in [0, 0.1) is 0 Å². The molecule has 0 radical (unpaired) electrons. The van der Waals surface area contributed by atoms with Gasteiger partial charge in [-0.3, -0.25) is 4.74 Å². The highest BCUT2D eigenvalue weighted by Crippen LogP contribution is 2.15. The van der Waals surface area contributed by atoms with Crippen LogP contribution >= 0.6 is 0 Å². The second kappa shape index (κ2) is 5.37. The molecule has 0 saturated heterocycles. The zero-order chi connectivity index (χ0) is 8.74. The normalized spacial score (nSPS) is 12.0. The molecule has 0 aliphatic heterocycles. The predicted octanol–water partition coefficient (Wildman–Crippen LogP) is 1.95. The van der Waals surface area contributed by atoms with E-state index in [4.69, 9.17) is 4.74 Å². The van der Waals surface area contributed by atoms with Gasteiger partial charge in [-0.15, -0.1) is 13.2 Å².